The molecule has 21 rings (SSSR count). The van der Waals surface area contributed by atoms with Crippen molar-refractivity contribution in [3.05, 3.63) is 126 Å². The molecular weight excluding hydrogens is 1910 g/mol. The molecule has 133 heavy (non-hydrogen) atoms. The molecule has 10 aliphatic rings. The predicted octanol–water partition coefficient (Wildman–Crippen LogP) is -1.53. The lowest BCUT2D eigenvalue weighted by molar-refractivity contribution is -0.0675. The zero-order valence-electron chi connectivity index (χ0n) is 67.0. The molecule has 0 aromatic carbocycles. The maximum Gasteiger partial charge on any atom is 0.473 e. The largest absolute Gasteiger partial charge is 0.473 e. The Morgan fingerprint density at radius 3 is 1.47 bits per heavy atom. The summed E-state index contributed by atoms with van der Waals surface area (Å²) in [6.07, 6.45) is -21.6. The molecule has 0 spiro atoms. The van der Waals surface area contributed by atoms with Crippen LogP contribution in [0.25, 0.3) is 55.6 Å². The number of ether oxygens (including phenoxy) is 6. The van der Waals surface area contributed by atoms with Gasteiger partial charge < -0.3 is 120 Å². The van der Waals surface area contributed by atoms with E-state index in [0.717, 1.165) is 23.5 Å². The van der Waals surface area contributed by atoms with Gasteiger partial charge in [0.1, 0.15) is 133 Å². The number of aromatic amines is 2. The Bertz CT molecular complexity index is 6880. The quantitative estimate of drug-likeness (QED) is 0.0663. The number of carbonyl (C=O) groups excluding carboxylic acids is 1. The molecule has 0 amide bonds. The molecule has 68 heteroatoms. The van der Waals surface area contributed by atoms with Gasteiger partial charge in [0, 0.05) is 35.9 Å². The van der Waals surface area contributed by atoms with Crippen LogP contribution < -0.4 is 34.1 Å². The normalized spacial score (nSPS) is 37.9. The van der Waals surface area contributed by atoms with Crippen LogP contribution in [0, 0.1) is 0 Å². The molecule has 11 aromatic rings. The standard InChI is InChI=1S/C23H26N6O13P2.C22H25N9O12P2.C20H23N9O13P2/c24-11-1-4-25-20-10(11)3-6-28(20)22-17(31)18-14(40-22)8-38-44(35,36)42-19-16(30)13(7-37-43(33,34)41-18)39-23(19)29-9-27-15-12(29)2-5-26-21(15)32;1-8-10-4-38-45(36,37)43-16-11(41-20(14(16)32)30-6-26-12-9(23)2-3-25-17(12)30)5-39-44(34,35)42-15(8)21(40-10)31-7-27-13-18(31)28-22(24)29-19(13)33;21-16-11-17(23-4-22-16)28(6-25-11)20-15-12(31)8(39-20)2-37-43(33,34)41-14-9(3-38-44(35,36)42-15)40-19(13(14)32)29-5-24-10-7(30)1-26-27-18(10)29/h1-6,9,13-14,16-19,22-23,30-31H,7-8H2,(H2,24,25)(H,26,32)(H,33,34)(H,35,36);2-3,6-7,10-11,14-16,20-21,32H,1,4-5H2,(H2,23,25)(H,34,35)(H,36,37)(H3,24,28,29,33);4-6,8-9,12-15,19-20,31-32H,1-3H2,(H,33,34)(H,35,36)(H2,21,22,23)/t13-,14-,16-,17-,18-,19-,22-,23-;10-,11-,14-,15-,16-,20-,21-;8-,9-,12-,13-,14-,15-,19-,20-/m111/s1. The van der Waals surface area contributed by atoms with Crippen LogP contribution in [0.3, 0.4) is 0 Å². The Labute approximate surface area is 737 Å². The van der Waals surface area contributed by atoms with Crippen molar-refractivity contribution >= 4 is 137 Å². The third-order valence-corrected chi connectivity index (χ3v) is 28.2. The lowest BCUT2D eigenvalue weighted by Gasteiger charge is -2.26. The summed E-state index contributed by atoms with van der Waals surface area (Å²) in [7, 11) is -30.2. The lowest BCUT2D eigenvalue weighted by Crippen LogP contribution is -2.36. The Morgan fingerprint density at radius 2 is 0.880 bits per heavy atom. The van der Waals surface area contributed by atoms with Gasteiger partial charge in [-0.2, -0.15) is 10.1 Å². The van der Waals surface area contributed by atoms with E-state index in [4.69, 9.17) is 106 Å². The van der Waals surface area contributed by atoms with Gasteiger partial charge in [-0.3, -0.25) is 91.9 Å². The number of azo groups is 1. The number of hydrogen-bond donors (Lipinski definition) is 17. The van der Waals surface area contributed by atoms with Gasteiger partial charge in [0.05, 0.1) is 82.5 Å². The minimum atomic E-state index is -5.07. The number of hydrogen-bond acceptors (Lipinski definition) is 48. The second-order valence-electron chi connectivity index (χ2n) is 30.6. The Morgan fingerprint density at radius 1 is 0.421 bits per heavy atom. The van der Waals surface area contributed by atoms with Crippen LogP contribution in [0.2, 0.25) is 0 Å². The third-order valence-electron chi connectivity index (χ3n) is 22.4. The SMILES string of the molecule is C=C1[C@H]2OP(=O)(O)OC[C@H]3O[C@@H](n4cnc5c(N)ccnc54)[C@H](O)[C@@H]3OP(=O)(O)OC[C@H]1O[C@H]2n1cnc2c(=O)[nH]c(N)nc21.Nc1ccnc2c1ccn2[C@@H]1O[C@@H]2COP(=O)(O)O[C@@H]3[C@H](O)[C@@H](COP(=O)(O)O[C@H]2[C@H]1O)O[C@H]3n1cnc2c(=O)[nH]ccc21.Nc1ncnc2c1ncn2[C@@H]1O[C@@H]2COP(=O)(O)O[C@H]3[C@@H](O)[C@H](n4cnc5c4N=NCC5=O)O[C@@H]3COP(=O)(O)O[C@@H]1[C@@H]2O. The van der Waals surface area contributed by atoms with E-state index < -0.39 is 245 Å². The molecule has 29 atom stereocenters. The van der Waals surface area contributed by atoms with Crippen LogP contribution in [0.15, 0.2) is 119 Å². The number of pyridine rings is 3. The summed E-state index contributed by atoms with van der Waals surface area (Å²) in [6, 6.07) is 6.22. The van der Waals surface area contributed by atoms with Crippen LogP contribution in [0.4, 0.5) is 29.0 Å². The number of anilines is 4. The van der Waals surface area contributed by atoms with Crippen molar-refractivity contribution in [2.45, 2.75) is 141 Å². The number of Topliss-reactive ketones (excluding diaryl/α,β-unsaturated/α-hetero) is 1. The molecule has 9 fully saturated rings. The van der Waals surface area contributed by atoms with Gasteiger partial charge in [-0.15, -0.1) is 5.11 Å². The molecule has 62 nitrogen and oxygen atoms in total. The first-order chi connectivity index (χ1) is 63.2. The fourth-order valence-electron chi connectivity index (χ4n) is 16.2. The molecule has 21 heterocycles. The molecule has 712 valence electrons. The van der Waals surface area contributed by atoms with Gasteiger partial charge in [0.2, 0.25) is 11.7 Å². The molecule has 0 saturated carbocycles. The maximum absolute atomic E-state index is 13.3. The van der Waals surface area contributed by atoms with E-state index in [0.29, 0.717) is 27.9 Å². The number of phosphoric acid groups is 6. The van der Waals surface area contributed by atoms with E-state index in [1.54, 1.807) is 12.1 Å². The highest BCUT2D eigenvalue weighted by molar-refractivity contribution is 7.48. The molecule has 10 aliphatic heterocycles. The van der Waals surface area contributed by atoms with Gasteiger partial charge in [0.25, 0.3) is 11.1 Å². The molecule has 11 aromatic heterocycles. The number of aromatic nitrogens is 18. The molecule has 6 unspecified atom stereocenters. The summed E-state index contributed by atoms with van der Waals surface area (Å²) in [5.74, 6) is -0.701. The number of imidazole rings is 5. The maximum atomic E-state index is 13.3. The van der Waals surface area contributed by atoms with Crippen molar-refractivity contribution in [1.29, 1.82) is 0 Å². The van der Waals surface area contributed by atoms with Gasteiger partial charge in [0.15, 0.2) is 82.7 Å². The number of fused-ring (bicyclic) bond motifs is 15. The Kier molecular flexibility index (Phi) is 24.4. The van der Waals surface area contributed by atoms with Crippen LogP contribution >= 0.6 is 46.9 Å². The van der Waals surface area contributed by atoms with Crippen molar-refractivity contribution in [2.75, 3.05) is 69.1 Å². The number of nitrogens with one attached hydrogen (secondary N) is 2. The number of phosphoric ester groups is 6. The summed E-state index contributed by atoms with van der Waals surface area (Å²) in [6.45, 7) is -0.942. The fourth-order valence-corrected chi connectivity index (χ4v) is 21.8. The molecular formula is C65H74N24O38P6. The summed E-state index contributed by atoms with van der Waals surface area (Å²) >= 11 is 0. The van der Waals surface area contributed by atoms with E-state index in [-0.39, 0.29) is 74.4 Å². The van der Waals surface area contributed by atoms with Gasteiger partial charge in [-0.1, -0.05) is 6.58 Å². The van der Waals surface area contributed by atoms with E-state index >= 15 is 0 Å². The molecule has 0 aliphatic carbocycles. The molecule has 9 saturated heterocycles. The zero-order chi connectivity index (χ0) is 93.8. The third kappa shape index (κ3) is 17.7. The number of aliphatic hydroxyl groups excluding tert-OH is 5. The van der Waals surface area contributed by atoms with Crippen molar-refractivity contribution < 1.29 is 170 Å². The van der Waals surface area contributed by atoms with E-state index in [2.05, 4.69) is 76.6 Å². The van der Waals surface area contributed by atoms with Crippen molar-refractivity contribution in [1.82, 2.24) is 87.2 Å². The average molecular weight is 1990 g/mol. The number of nitrogens with two attached hydrogens (primary N) is 4. The number of H-pyrrole nitrogens is 2. The first-order valence-corrected chi connectivity index (χ1v) is 48.0. The summed E-state index contributed by atoms with van der Waals surface area (Å²) in [5.41, 5.74) is 24.2. The summed E-state index contributed by atoms with van der Waals surface area (Å²) < 4.78 is 185. The van der Waals surface area contributed by atoms with Gasteiger partial charge >= 0.3 is 46.9 Å². The van der Waals surface area contributed by atoms with E-state index in [1.165, 1.54) is 78.7 Å². The second-order valence-corrected chi connectivity index (χ2v) is 39.0. The predicted molar refractivity (Wildman–Crippen MR) is 431 cm³/mol. The van der Waals surface area contributed by atoms with Crippen LogP contribution in [-0.4, -0.2) is 298 Å². The minimum Gasteiger partial charge on any atom is -0.398 e. The van der Waals surface area contributed by atoms with Gasteiger partial charge in [-0.25, -0.2) is 72.2 Å². The number of nitrogens with zero attached hydrogens (tertiary/aromatic N) is 18. The lowest BCUT2D eigenvalue weighted by atomic mass is 10.1. The molecule has 6 bridgehead atoms. The van der Waals surface area contributed by atoms with Gasteiger partial charge in [-0.05, 0) is 29.8 Å². The number of aliphatic hydroxyl groups is 5. The highest BCUT2D eigenvalue weighted by atomic mass is 31.2. The zero-order valence-corrected chi connectivity index (χ0v) is 72.4. The van der Waals surface area contributed by atoms with E-state index in [9.17, 15) is 96.7 Å². The topological polar surface area (TPSA) is 861 Å². The Hall–Kier alpha value is -9.73. The number of nitrogen functional groups attached to an aromatic ring is 4. The van der Waals surface area contributed by atoms with Crippen LogP contribution in [0.5, 0.6) is 0 Å². The minimum absolute atomic E-state index is 0.00656. The molecule has 21 N–H and O–H groups in total. The number of rotatable bonds is 6. The smallest absolute Gasteiger partial charge is 0.398 e. The fraction of sp³-hybridized carbons (Fsp3) is 0.462. The van der Waals surface area contributed by atoms with Crippen molar-refractivity contribution in [2.24, 2.45) is 10.2 Å². The molecule has 0 radical (unpaired) electrons. The van der Waals surface area contributed by atoms with Crippen LogP contribution in [-0.2, 0) is 110 Å². The van der Waals surface area contributed by atoms with Crippen molar-refractivity contribution in [3.63, 3.8) is 0 Å². The second kappa shape index (κ2) is 35.1. The highest BCUT2D eigenvalue weighted by Crippen LogP contribution is 2.59. The average Bonchev–Trinajstić information content (AvgIpc) is 1.63. The van der Waals surface area contributed by atoms with Crippen molar-refractivity contribution in [3.8, 4) is 0 Å². The Balaban J connectivity index is 0.000000129. The van der Waals surface area contributed by atoms with Crippen LogP contribution in [0.1, 0.15) is 47.9 Å². The van der Waals surface area contributed by atoms with E-state index in [1.807, 2.05) is 0 Å². The monoisotopic (exact) mass is 1980 g/mol. The first kappa shape index (κ1) is 92.3. The summed E-state index contributed by atoms with van der Waals surface area (Å²) in [4.78, 5) is 146. The first-order valence-electron chi connectivity index (χ1n) is 39.1. The highest BCUT2D eigenvalue weighted by Gasteiger charge is 2.59. The summed E-state index contributed by atoms with van der Waals surface area (Å²) in [5, 5.41) is 63.5. The number of ketones is 1. The number of carbonyl (C=O) groups is 1.